The zero-order valence-electron chi connectivity index (χ0n) is 34.1. The van der Waals surface area contributed by atoms with Crippen LogP contribution >= 0.6 is 0 Å². The Labute approximate surface area is 361 Å². The quantitative estimate of drug-likeness (QED) is 0.116. The van der Waals surface area contributed by atoms with Crippen LogP contribution in [0.1, 0.15) is 11.1 Å². The average Bonchev–Trinajstić information content (AvgIpc) is 3.34. The van der Waals surface area contributed by atoms with E-state index in [0.29, 0.717) is 0 Å². The van der Waals surface area contributed by atoms with E-state index in [-0.39, 0.29) is 0 Å². The summed E-state index contributed by atoms with van der Waals surface area (Å²) < 4.78 is 0. The molecule has 0 aliphatic heterocycles. The SMILES string of the molecule is C(=C\c1c2ccccc2c(-c2ccc(-c3ccc4c(-c5ccc6ccccc6c5)c5ccccc5c(-c5ccc6ccccc6c5)c4c3)cc2)c2ccccc12)/c1ccccc1. The van der Waals surface area contributed by atoms with Crippen molar-refractivity contribution in [2.24, 2.45) is 0 Å². The molecule has 0 saturated heterocycles. The Hall–Kier alpha value is -8.06. The first-order valence-corrected chi connectivity index (χ1v) is 21.5. The summed E-state index contributed by atoms with van der Waals surface area (Å²) in [6.07, 6.45) is 4.51. The fourth-order valence-corrected chi connectivity index (χ4v) is 9.90. The van der Waals surface area contributed by atoms with Crippen LogP contribution < -0.4 is 0 Å². The van der Waals surface area contributed by atoms with Gasteiger partial charge in [-0.3, -0.25) is 0 Å². The lowest BCUT2D eigenvalue weighted by Crippen LogP contribution is -1.92. The summed E-state index contributed by atoms with van der Waals surface area (Å²) in [6.45, 7) is 0. The molecule has 0 amide bonds. The van der Waals surface area contributed by atoms with Gasteiger partial charge >= 0.3 is 0 Å². The van der Waals surface area contributed by atoms with Gasteiger partial charge in [-0.15, -0.1) is 0 Å². The monoisotopic (exact) mass is 784 g/mol. The van der Waals surface area contributed by atoms with E-state index in [0.717, 1.165) is 0 Å². The third kappa shape index (κ3) is 6.08. The predicted octanol–water partition coefficient (Wildman–Crippen LogP) is 17.4. The van der Waals surface area contributed by atoms with Crippen LogP contribution in [0, 0.1) is 0 Å². The van der Waals surface area contributed by atoms with Crippen LogP contribution in [0.2, 0.25) is 0 Å². The largest absolute Gasteiger partial charge is 0.0622 e. The fraction of sp³-hybridized carbons (Fsp3) is 0. The van der Waals surface area contributed by atoms with E-state index in [2.05, 4.69) is 243 Å². The highest BCUT2D eigenvalue weighted by Crippen LogP contribution is 2.46. The molecule has 0 saturated carbocycles. The molecular weight excluding hydrogens is 745 g/mol. The minimum absolute atomic E-state index is 1.19. The summed E-state index contributed by atoms with van der Waals surface area (Å²) in [5.41, 5.74) is 12.3. The Bertz CT molecular complexity index is 3660. The van der Waals surface area contributed by atoms with E-state index in [1.54, 1.807) is 0 Å². The molecule has 0 aliphatic rings. The lowest BCUT2D eigenvalue weighted by Gasteiger charge is -2.19. The van der Waals surface area contributed by atoms with Crippen molar-refractivity contribution in [3.8, 4) is 44.5 Å². The highest BCUT2D eigenvalue weighted by Gasteiger charge is 2.19. The normalized spacial score (nSPS) is 11.8. The van der Waals surface area contributed by atoms with Crippen LogP contribution in [-0.4, -0.2) is 0 Å². The molecule has 288 valence electrons. The highest BCUT2D eigenvalue weighted by atomic mass is 14.2. The Kier molecular flexibility index (Phi) is 8.61. The van der Waals surface area contributed by atoms with Gasteiger partial charge in [0.15, 0.2) is 0 Å². The first kappa shape index (κ1) is 35.8. The number of rotatable bonds is 6. The van der Waals surface area contributed by atoms with Gasteiger partial charge in [-0.25, -0.2) is 0 Å². The number of benzene rings is 12. The molecule has 0 aromatic heterocycles. The van der Waals surface area contributed by atoms with Crippen LogP contribution in [0.5, 0.6) is 0 Å². The van der Waals surface area contributed by atoms with Gasteiger partial charge in [-0.2, -0.15) is 0 Å². The molecule has 0 atom stereocenters. The number of fused-ring (bicyclic) bond motifs is 6. The van der Waals surface area contributed by atoms with Gasteiger partial charge in [0, 0.05) is 0 Å². The number of hydrogen-bond acceptors (Lipinski definition) is 0. The van der Waals surface area contributed by atoms with Gasteiger partial charge < -0.3 is 0 Å². The Morgan fingerprint density at radius 2 is 0.597 bits per heavy atom. The standard InChI is InChI=1S/C62H40/c1-2-14-41(15-3-1)26-36-53-51-20-8-10-22-54(51)60(55-23-11-9-21-52(53)55)45-31-27-44(28-32-45)48-35-37-58-59(40-48)62(50-34-30-43-17-5-7-19-47(43)39-50)57-25-13-12-24-56(57)61(58)49-33-29-42-16-4-6-18-46(42)38-49/h1-40H/b36-26+. The van der Waals surface area contributed by atoms with Crippen molar-refractivity contribution >= 4 is 76.8 Å². The van der Waals surface area contributed by atoms with Crippen molar-refractivity contribution in [1.82, 2.24) is 0 Å². The molecule has 0 N–H and O–H groups in total. The van der Waals surface area contributed by atoms with Gasteiger partial charge in [0.05, 0.1) is 0 Å². The predicted molar refractivity (Wildman–Crippen MR) is 269 cm³/mol. The molecule has 0 aliphatic carbocycles. The second-order valence-corrected chi connectivity index (χ2v) is 16.4. The zero-order valence-corrected chi connectivity index (χ0v) is 34.1. The summed E-state index contributed by atoms with van der Waals surface area (Å²) in [4.78, 5) is 0. The third-order valence-corrected chi connectivity index (χ3v) is 12.8. The fourth-order valence-electron chi connectivity index (χ4n) is 9.90. The Morgan fingerprint density at radius 3 is 1.16 bits per heavy atom. The molecule has 0 nitrogen and oxygen atoms in total. The second kappa shape index (κ2) is 14.9. The van der Waals surface area contributed by atoms with E-state index >= 15 is 0 Å². The van der Waals surface area contributed by atoms with Gasteiger partial charge in [-0.1, -0.05) is 224 Å². The van der Waals surface area contributed by atoms with Crippen molar-refractivity contribution in [3.63, 3.8) is 0 Å². The first-order chi connectivity index (χ1) is 30.7. The van der Waals surface area contributed by atoms with E-state index in [1.165, 1.54) is 120 Å². The van der Waals surface area contributed by atoms with Crippen molar-refractivity contribution in [2.45, 2.75) is 0 Å². The van der Waals surface area contributed by atoms with E-state index in [1.807, 2.05) is 0 Å². The highest BCUT2D eigenvalue weighted by molar-refractivity contribution is 6.23. The summed E-state index contributed by atoms with van der Waals surface area (Å²) in [5.74, 6) is 0. The minimum Gasteiger partial charge on any atom is -0.0622 e. The Balaban J connectivity index is 1.05. The maximum atomic E-state index is 2.44. The molecule has 0 spiro atoms. The number of hydrogen-bond donors (Lipinski definition) is 0. The van der Waals surface area contributed by atoms with Crippen molar-refractivity contribution < 1.29 is 0 Å². The van der Waals surface area contributed by atoms with Gasteiger partial charge in [0.2, 0.25) is 0 Å². The van der Waals surface area contributed by atoms with E-state index in [9.17, 15) is 0 Å². The summed E-state index contributed by atoms with van der Waals surface area (Å²) >= 11 is 0. The van der Waals surface area contributed by atoms with Crippen LogP contribution in [-0.2, 0) is 0 Å². The molecular formula is C62H40. The van der Waals surface area contributed by atoms with Crippen molar-refractivity contribution in [3.05, 3.63) is 242 Å². The minimum atomic E-state index is 1.19. The van der Waals surface area contributed by atoms with E-state index in [4.69, 9.17) is 0 Å². The summed E-state index contributed by atoms with van der Waals surface area (Å²) in [6, 6.07) is 84.8. The molecule has 12 aromatic rings. The van der Waals surface area contributed by atoms with Gasteiger partial charge in [0.1, 0.15) is 0 Å². The lowest BCUT2D eigenvalue weighted by molar-refractivity contribution is 1.62. The van der Waals surface area contributed by atoms with Crippen LogP contribution in [0.15, 0.2) is 231 Å². The molecule has 0 fully saturated rings. The van der Waals surface area contributed by atoms with Crippen LogP contribution in [0.25, 0.3) is 121 Å². The van der Waals surface area contributed by atoms with Gasteiger partial charge in [-0.05, 0) is 138 Å². The molecule has 62 heavy (non-hydrogen) atoms. The molecule has 0 heteroatoms. The molecule has 0 bridgehead atoms. The van der Waals surface area contributed by atoms with E-state index < -0.39 is 0 Å². The maximum absolute atomic E-state index is 2.44. The molecule has 0 heterocycles. The molecule has 12 rings (SSSR count). The maximum Gasteiger partial charge on any atom is -0.00259 e. The van der Waals surface area contributed by atoms with Crippen LogP contribution in [0.3, 0.4) is 0 Å². The van der Waals surface area contributed by atoms with Crippen molar-refractivity contribution in [2.75, 3.05) is 0 Å². The third-order valence-electron chi connectivity index (χ3n) is 12.8. The topological polar surface area (TPSA) is 0 Å². The lowest BCUT2D eigenvalue weighted by atomic mass is 9.84. The average molecular weight is 785 g/mol. The van der Waals surface area contributed by atoms with Crippen LogP contribution in [0.4, 0.5) is 0 Å². The zero-order chi connectivity index (χ0) is 41.0. The second-order valence-electron chi connectivity index (χ2n) is 16.4. The Morgan fingerprint density at radius 1 is 0.210 bits per heavy atom. The molecule has 0 radical (unpaired) electrons. The summed E-state index contributed by atoms with van der Waals surface area (Å²) in [5, 5.41) is 15.0. The smallest absolute Gasteiger partial charge is 0.00259 e. The summed E-state index contributed by atoms with van der Waals surface area (Å²) in [7, 11) is 0. The van der Waals surface area contributed by atoms with Gasteiger partial charge in [0.25, 0.3) is 0 Å². The first-order valence-electron chi connectivity index (χ1n) is 21.5. The molecule has 12 aromatic carbocycles. The van der Waals surface area contributed by atoms with Crippen molar-refractivity contribution in [1.29, 1.82) is 0 Å². The molecule has 0 unspecified atom stereocenters.